The molecule has 0 atom stereocenters. The SMILES string of the molecule is [C-]#[N+]c1ccc(N2CCC(F)(F)CC2)c(F)c1. The number of nitrogens with zero attached hydrogens (tertiary/aromatic N) is 2. The second kappa shape index (κ2) is 4.28. The van der Waals surface area contributed by atoms with Crippen molar-refractivity contribution in [2.24, 2.45) is 0 Å². The van der Waals surface area contributed by atoms with Crippen molar-refractivity contribution in [3.8, 4) is 0 Å². The highest BCUT2D eigenvalue weighted by molar-refractivity contribution is 5.57. The minimum atomic E-state index is -2.64. The van der Waals surface area contributed by atoms with E-state index < -0.39 is 11.7 Å². The predicted octanol–water partition coefficient (Wildman–Crippen LogP) is 3.61. The maximum absolute atomic E-state index is 13.6. The molecule has 90 valence electrons. The molecule has 0 N–H and O–H groups in total. The molecular weight excluding hydrogens is 229 g/mol. The topological polar surface area (TPSA) is 7.60 Å². The molecule has 0 bridgehead atoms. The van der Waals surface area contributed by atoms with Crippen LogP contribution in [0, 0.1) is 12.4 Å². The van der Waals surface area contributed by atoms with E-state index in [0.29, 0.717) is 5.69 Å². The van der Waals surface area contributed by atoms with Gasteiger partial charge in [-0.2, -0.15) is 0 Å². The van der Waals surface area contributed by atoms with Crippen molar-refractivity contribution in [2.45, 2.75) is 18.8 Å². The summed E-state index contributed by atoms with van der Waals surface area (Å²) in [5.74, 6) is -3.16. The first-order chi connectivity index (χ1) is 8.02. The van der Waals surface area contributed by atoms with Crippen LogP contribution >= 0.6 is 0 Å². The monoisotopic (exact) mass is 240 g/mol. The van der Waals surface area contributed by atoms with E-state index in [9.17, 15) is 13.2 Å². The second-order valence-electron chi connectivity index (χ2n) is 4.09. The van der Waals surface area contributed by atoms with Crippen molar-refractivity contribution in [1.82, 2.24) is 0 Å². The summed E-state index contributed by atoms with van der Waals surface area (Å²) in [6.07, 6.45) is -0.506. The Morgan fingerprint density at radius 3 is 2.41 bits per heavy atom. The number of benzene rings is 1. The Morgan fingerprint density at radius 2 is 1.88 bits per heavy atom. The van der Waals surface area contributed by atoms with Gasteiger partial charge in [0.15, 0.2) is 5.69 Å². The Labute approximate surface area is 97.5 Å². The summed E-state index contributed by atoms with van der Waals surface area (Å²) in [5.41, 5.74) is 0.515. The molecule has 1 fully saturated rings. The van der Waals surface area contributed by atoms with Crippen molar-refractivity contribution >= 4 is 11.4 Å². The quantitative estimate of drug-likeness (QED) is 0.680. The minimum Gasteiger partial charge on any atom is -0.369 e. The molecule has 1 heterocycles. The Kier molecular flexibility index (Phi) is 2.97. The number of rotatable bonds is 1. The maximum Gasteiger partial charge on any atom is 0.251 e. The largest absolute Gasteiger partial charge is 0.369 e. The summed E-state index contributed by atoms with van der Waals surface area (Å²) in [6.45, 7) is 7.03. The van der Waals surface area contributed by atoms with Crippen molar-refractivity contribution in [3.05, 3.63) is 35.4 Å². The molecule has 2 nitrogen and oxygen atoms in total. The van der Waals surface area contributed by atoms with Crippen molar-refractivity contribution in [1.29, 1.82) is 0 Å². The summed E-state index contributed by atoms with van der Waals surface area (Å²) < 4.78 is 39.5. The van der Waals surface area contributed by atoms with Gasteiger partial charge in [0.05, 0.1) is 12.3 Å². The molecule has 1 aromatic carbocycles. The molecule has 5 heteroatoms. The van der Waals surface area contributed by atoms with E-state index in [1.54, 1.807) is 4.90 Å². The third kappa shape index (κ3) is 2.52. The summed E-state index contributed by atoms with van der Waals surface area (Å²) >= 11 is 0. The zero-order chi connectivity index (χ0) is 12.5. The van der Waals surface area contributed by atoms with Gasteiger partial charge < -0.3 is 4.90 Å². The lowest BCUT2D eigenvalue weighted by Gasteiger charge is -2.33. The van der Waals surface area contributed by atoms with Gasteiger partial charge in [-0.15, -0.1) is 0 Å². The Bertz CT molecular complexity index is 455. The first-order valence-electron chi connectivity index (χ1n) is 5.32. The van der Waals surface area contributed by atoms with Crippen LogP contribution < -0.4 is 4.90 Å². The van der Waals surface area contributed by atoms with Gasteiger partial charge in [-0.05, 0) is 12.1 Å². The van der Waals surface area contributed by atoms with Crippen LogP contribution in [0.5, 0.6) is 0 Å². The van der Waals surface area contributed by atoms with Gasteiger partial charge in [0.2, 0.25) is 0 Å². The van der Waals surface area contributed by atoms with Crippen LogP contribution in [0.4, 0.5) is 24.5 Å². The number of alkyl halides is 2. The molecule has 17 heavy (non-hydrogen) atoms. The van der Waals surface area contributed by atoms with Crippen LogP contribution in [0.2, 0.25) is 0 Å². The molecule has 0 spiro atoms. The molecular formula is C12H11F3N2. The van der Waals surface area contributed by atoms with E-state index in [1.165, 1.54) is 12.1 Å². The smallest absolute Gasteiger partial charge is 0.251 e. The summed E-state index contributed by atoms with van der Waals surface area (Å²) in [6, 6.07) is 4.11. The summed E-state index contributed by atoms with van der Waals surface area (Å²) in [5, 5.41) is 0. The molecule has 2 rings (SSSR count). The molecule has 1 aliphatic heterocycles. The lowest BCUT2D eigenvalue weighted by atomic mass is 10.1. The molecule has 0 aromatic heterocycles. The van der Waals surface area contributed by atoms with E-state index in [1.807, 2.05) is 0 Å². The minimum absolute atomic E-state index is 0.140. The molecule has 0 unspecified atom stereocenters. The van der Waals surface area contributed by atoms with E-state index in [4.69, 9.17) is 6.57 Å². The Hall–Kier alpha value is -1.70. The standard InChI is InChI=1S/C12H11F3N2/c1-16-9-2-3-11(10(13)8-9)17-6-4-12(14,15)5-7-17/h2-3,8H,4-7H2. The van der Waals surface area contributed by atoms with Gasteiger partial charge in [-0.25, -0.2) is 18.0 Å². The molecule has 0 saturated carbocycles. The zero-order valence-corrected chi connectivity index (χ0v) is 9.09. The lowest BCUT2D eigenvalue weighted by molar-refractivity contribution is -0.0221. The van der Waals surface area contributed by atoms with Gasteiger partial charge in [0.25, 0.3) is 5.92 Å². The third-order valence-corrected chi connectivity index (χ3v) is 2.90. The van der Waals surface area contributed by atoms with Crippen molar-refractivity contribution in [2.75, 3.05) is 18.0 Å². The highest BCUT2D eigenvalue weighted by Gasteiger charge is 2.34. The highest BCUT2D eigenvalue weighted by atomic mass is 19.3. The van der Waals surface area contributed by atoms with Crippen LogP contribution in [-0.2, 0) is 0 Å². The summed E-state index contributed by atoms with van der Waals surface area (Å²) in [7, 11) is 0. The summed E-state index contributed by atoms with van der Waals surface area (Å²) in [4.78, 5) is 4.71. The van der Waals surface area contributed by atoms with Gasteiger partial charge in [0.1, 0.15) is 5.82 Å². The molecule has 0 aliphatic carbocycles. The number of hydrogen-bond donors (Lipinski definition) is 0. The number of piperidine rings is 1. The average Bonchev–Trinajstić information content (AvgIpc) is 2.29. The Balaban J connectivity index is 2.17. The zero-order valence-electron chi connectivity index (χ0n) is 9.09. The fourth-order valence-corrected chi connectivity index (χ4v) is 1.90. The molecule has 0 amide bonds. The van der Waals surface area contributed by atoms with E-state index in [0.717, 1.165) is 6.07 Å². The average molecular weight is 240 g/mol. The first kappa shape index (κ1) is 11.8. The third-order valence-electron chi connectivity index (χ3n) is 2.90. The highest BCUT2D eigenvalue weighted by Crippen LogP contribution is 2.32. The van der Waals surface area contributed by atoms with Gasteiger partial charge in [0, 0.05) is 25.9 Å². The first-order valence-corrected chi connectivity index (χ1v) is 5.32. The number of hydrogen-bond acceptors (Lipinski definition) is 1. The molecule has 1 aliphatic rings. The number of halogens is 3. The van der Waals surface area contributed by atoms with Gasteiger partial charge in [-0.3, -0.25) is 0 Å². The van der Waals surface area contributed by atoms with E-state index in [2.05, 4.69) is 4.85 Å². The fraction of sp³-hybridized carbons (Fsp3) is 0.417. The fourth-order valence-electron chi connectivity index (χ4n) is 1.90. The van der Waals surface area contributed by atoms with Crippen LogP contribution in [0.1, 0.15) is 12.8 Å². The van der Waals surface area contributed by atoms with Crippen molar-refractivity contribution in [3.63, 3.8) is 0 Å². The molecule has 1 saturated heterocycles. The maximum atomic E-state index is 13.6. The normalized spacial score (nSPS) is 18.8. The van der Waals surface area contributed by atoms with E-state index >= 15 is 0 Å². The van der Waals surface area contributed by atoms with Gasteiger partial charge in [-0.1, -0.05) is 6.07 Å². The lowest BCUT2D eigenvalue weighted by Crippen LogP contribution is -2.39. The Morgan fingerprint density at radius 1 is 1.24 bits per heavy atom. The second-order valence-corrected chi connectivity index (χ2v) is 4.09. The van der Waals surface area contributed by atoms with Crippen LogP contribution in [0.15, 0.2) is 18.2 Å². The number of anilines is 1. The van der Waals surface area contributed by atoms with Crippen LogP contribution in [-0.4, -0.2) is 19.0 Å². The predicted molar refractivity (Wildman–Crippen MR) is 59.1 cm³/mol. The van der Waals surface area contributed by atoms with Crippen molar-refractivity contribution < 1.29 is 13.2 Å². The van der Waals surface area contributed by atoms with E-state index in [-0.39, 0.29) is 31.6 Å². The molecule has 0 radical (unpaired) electrons. The molecule has 1 aromatic rings. The van der Waals surface area contributed by atoms with Gasteiger partial charge >= 0.3 is 0 Å². The van der Waals surface area contributed by atoms with Crippen LogP contribution in [0.3, 0.4) is 0 Å². The van der Waals surface area contributed by atoms with Crippen LogP contribution in [0.25, 0.3) is 4.85 Å².